The molecule has 244 valence electrons. The zero-order valence-corrected chi connectivity index (χ0v) is 26.7. The van der Waals surface area contributed by atoms with Crippen LogP contribution in [0.1, 0.15) is 78.9 Å². The average Bonchev–Trinajstić information content (AvgIpc) is 3.77. The molecule has 2 saturated heterocycles. The third-order valence-corrected chi connectivity index (χ3v) is 10.1. The molecule has 1 atom stereocenters. The molecule has 4 aromatic rings. The van der Waals surface area contributed by atoms with Crippen molar-refractivity contribution in [2.75, 3.05) is 26.2 Å². The van der Waals surface area contributed by atoms with Gasteiger partial charge in [0.1, 0.15) is 5.69 Å². The summed E-state index contributed by atoms with van der Waals surface area (Å²) >= 11 is 1.46. The molecule has 3 amide bonds. The van der Waals surface area contributed by atoms with Crippen molar-refractivity contribution in [3.05, 3.63) is 111 Å². The number of benzene rings is 3. The first-order chi connectivity index (χ1) is 22.6. The topological polar surface area (TPSA) is 82.6 Å². The quantitative estimate of drug-likeness (QED) is 0.228. The van der Waals surface area contributed by atoms with Crippen molar-refractivity contribution in [2.45, 2.75) is 50.7 Å². The molecule has 0 spiro atoms. The van der Waals surface area contributed by atoms with E-state index in [0.29, 0.717) is 67.0 Å². The number of hydrogen-bond acceptors (Lipinski definition) is 5. The van der Waals surface area contributed by atoms with E-state index in [1.54, 1.807) is 40.6 Å². The van der Waals surface area contributed by atoms with Gasteiger partial charge in [0.25, 0.3) is 17.7 Å². The van der Waals surface area contributed by atoms with Gasteiger partial charge in [-0.15, -0.1) is 11.3 Å². The molecule has 0 bridgehead atoms. The van der Waals surface area contributed by atoms with E-state index in [9.17, 15) is 27.6 Å². The molecule has 0 unspecified atom stereocenters. The summed E-state index contributed by atoms with van der Waals surface area (Å²) in [5.41, 5.74) is 2.79. The molecule has 0 radical (unpaired) electrons. The van der Waals surface area contributed by atoms with Gasteiger partial charge in [0.05, 0.1) is 10.6 Å². The zero-order valence-electron chi connectivity index (χ0n) is 25.9. The fraction of sp³-hybridized carbons (Fsp3) is 0.333. The maximum Gasteiger partial charge on any atom is 0.416 e. The largest absolute Gasteiger partial charge is 0.416 e. The lowest BCUT2D eigenvalue weighted by molar-refractivity contribution is -0.137. The van der Waals surface area contributed by atoms with E-state index >= 15 is 0 Å². The van der Waals surface area contributed by atoms with Gasteiger partial charge < -0.3 is 15.1 Å². The van der Waals surface area contributed by atoms with Crippen LogP contribution in [-0.4, -0.2) is 64.7 Å². The Morgan fingerprint density at radius 1 is 0.872 bits per heavy atom. The smallest absolute Gasteiger partial charge is 0.350 e. The summed E-state index contributed by atoms with van der Waals surface area (Å²) in [5.74, 6) is -0.332. The van der Waals surface area contributed by atoms with E-state index < -0.39 is 11.7 Å². The normalized spacial score (nSPS) is 17.1. The number of hydrogen-bond donors (Lipinski definition) is 1. The van der Waals surface area contributed by atoms with Crippen molar-refractivity contribution in [2.24, 2.45) is 0 Å². The Hall–Kier alpha value is -4.51. The van der Waals surface area contributed by atoms with Gasteiger partial charge in [-0.05, 0) is 73.6 Å². The number of piperidine rings is 1. The second-order valence-electron chi connectivity index (χ2n) is 12.1. The number of amides is 3. The minimum Gasteiger partial charge on any atom is -0.350 e. The first-order valence-electron chi connectivity index (χ1n) is 15.8. The van der Waals surface area contributed by atoms with Crippen LogP contribution in [0.4, 0.5) is 13.2 Å². The van der Waals surface area contributed by atoms with E-state index in [2.05, 4.69) is 5.32 Å². The zero-order chi connectivity index (χ0) is 33.1. The van der Waals surface area contributed by atoms with Crippen LogP contribution in [0.5, 0.6) is 0 Å². The monoisotopic (exact) mass is 660 g/mol. The molecule has 3 aromatic carbocycles. The van der Waals surface area contributed by atoms with Crippen molar-refractivity contribution in [1.29, 1.82) is 0 Å². The van der Waals surface area contributed by atoms with E-state index in [-0.39, 0.29) is 29.7 Å². The summed E-state index contributed by atoms with van der Waals surface area (Å²) in [7, 11) is 0. The molecule has 7 nitrogen and oxygen atoms in total. The number of likely N-dealkylation sites (tertiary alicyclic amines) is 2. The number of rotatable bonds is 7. The third-order valence-electron chi connectivity index (χ3n) is 9.08. The maximum atomic E-state index is 13.6. The Labute approximate surface area is 275 Å². The predicted molar refractivity (Wildman–Crippen MR) is 174 cm³/mol. The van der Waals surface area contributed by atoms with Gasteiger partial charge in [0.15, 0.2) is 0 Å². The number of alkyl halides is 3. The molecule has 0 saturated carbocycles. The molecule has 11 heteroatoms. The van der Waals surface area contributed by atoms with Crippen LogP contribution in [0, 0.1) is 6.92 Å². The van der Waals surface area contributed by atoms with Crippen LogP contribution < -0.4 is 5.32 Å². The fourth-order valence-corrected chi connectivity index (χ4v) is 7.39. The Kier molecular flexibility index (Phi) is 9.45. The highest BCUT2D eigenvalue weighted by Crippen LogP contribution is 2.34. The number of aromatic nitrogens is 1. The van der Waals surface area contributed by atoms with Gasteiger partial charge in [-0.1, -0.05) is 48.5 Å². The third kappa shape index (κ3) is 7.10. The van der Waals surface area contributed by atoms with Crippen molar-refractivity contribution < 1.29 is 27.6 Å². The first kappa shape index (κ1) is 32.4. The Balaban J connectivity index is 1.06. The lowest BCUT2D eigenvalue weighted by Gasteiger charge is -2.31. The number of aryl methyl sites for hydroxylation is 1. The minimum atomic E-state index is -4.43. The van der Waals surface area contributed by atoms with Gasteiger partial charge in [-0.3, -0.25) is 14.4 Å². The summed E-state index contributed by atoms with van der Waals surface area (Å²) in [6, 6.07) is 19.2. The highest BCUT2D eigenvalue weighted by Gasteiger charge is 2.33. The highest BCUT2D eigenvalue weighted by atomic mass is 32.1. The van der Waals surface area contributed by atoms with E-state index in [4.69, 9.17) is 4.98 Å². The Morgan fingerprint density at radius 3 is 2.26 bits per heavy atom. The molecular weight excluding hydrogens is 625 g/mol. The van der Waals surface area contributed by atoms with Gasteiger partial charge in [0, 0.05) is 54.6 Å². The van der Waals surface area contributed by atoms with Crippen LogP contribution in [0.2, 0.25) is 0 Å². The molecule has 2 fully saturated rings. The Morgan fingerprint density at radius 2 is 1.55 bits per heavy atom. The molecule has 1 N–H and O–H groups in total. The Bertz CT molecular complexity index is 1760. The van der Waals surface area contributed by atoms with Gasteiger partial charge in [-0.2, -0.15) is 13.2 Å². The summed E-state index contributed by atoms with van der Waals surface area (Å²) in [4.78, 5) is 48.1. The van der Waals surface area contributed by atoms with Crippen LogP contribution in [0.15, 0.2) is 78.2 Å². The molecule has 6 rings (SSSR count). The van der Waals surface area contributed by atoms with Crippen LogP contribution in [0.25, 0.3) is 11.1 Å². The lowest BCUT2D eigenvalue weighted by Crippen LogP contribution is -2.43. The number of halogens is 3. The van der Waals surface area contributed by atoms with Crippen LogP contribution >= 0.6 is 11.3 Å². The SMILES string of the molecule is Cc1ccccc1C(=O)NC[C@@H]1CCCN1C(=O)c1csc(C2CCN(C(=O)c3ccccc3-c3ccc(C(F)(F)F)cc3)CC2)n1. The second-order valence-corrected chi connectivity index (χ2v) is 13.0. The number of nitrogens with zero attached hydrogens (tertiary/aromatic N) is 3. The molecule has 47 heavy (non-hydrogen) atoms. The fourth-order valence-electron chi connectivity index (χ4n) is 6.43. The van der Waals surface area contributed by atoms with Gasteiger partial charge in [-0.25, -0.2) is 4.98 Å². The minimum absolute atomic E-state index is 0.0969. The number of nitrogens with one attached hydrogen (secondary N) is 1. The summed E-state index contributed by atoms with van der Waals surface area (Å²) in [6.45, 7) is 3.90. The summed E-state index contributed by atoms with van der Waals surface area (Å²) in [5, 5.41) is 5.67. The molecule has 0 aliphatic carbocycles. The highest BCUT2D eigenvalue weighted by molar-refractivity contribution is 7.09. The first-order valence-corrected chi connectivity index (χ1v) is 16.6. The van der Waals surface area contributed by atoms with E-state index in [1.165, 1.54) is 23.5 Å². The van der Waals surface area contributed by atoms with Crippen molar-refractivity contribution in [3.8, 4) is 11.1 Å². The maximum absolute atomic E-state index is 13.6. The predicted octanol–water partition coefficient (Wildman–Crippen LogP) is 7.19. The van der Waals surface area contributed by atoms with Crippen LogP contribution in [-0.2, 0) is 6.18 Å². The molecular formula is C36H35F3N4O3S. The number of carbonyl (C=O) groups is 3. The van der Waals surface area contributed by atoms with Crippen LogP contribution in [0.3, 0.4) is 0 Å². The average molecular weight is 661 g/mol. The van der Waals surface area contributed by atoms with E-state index in [1.807, 2.05) is 30.0 Å². The standard InChI is InChI=1S/C36H35F3N4O3S/c1-23-7-2-3-9-28(23)32(44)40-21-27-8-6-18-43(27)35(46)31-22-47-33(41-31)25-16-19-42(20-17-25)34(45)30-11-5-4-10-29(30)24-12-14-26(15-13-24)36(37,38)39/h2-5,7,9-15,22,25,27H,6,8,16-21H2,1H3,(H,40,44)/t27-/m0/s1. The molecule has 2 aliphatic heterocycles. The molecule has 1 aromatic heterocycles. The van der Waals surface area contributed by atoms with Crippen molar-refractivity contribution in [3.63, 3.8) is 0 Å². The molecule has 2 aliphatic rings. The lowest BCUT2D eigenvalue weighted by atomic mass is 9.94. The van der Waals surface area contributed by atoms with Gasteiger partial charge >= 0.3 is 6.18 Å². The summed E-state index contributed by atoms with van der Waals surface area (Å²) in [6.07, 6.45) is -1.38. The molecule has 3 heterocycles. The van der Waals surface area contributed by atoms with Crippen molar-refractivity contribution in [1.82, 2.24) is 20.1 Å². The number of thiazole rings is 1. The number of carbonyl (C=O) groups excluding carboxylic acids is 3. The second kappa shape index (κ2) is 13.7. The van der Waals surface area contributed by atoms with E-state index in [0.717, 1.165) is 35.5 Å². The summed E-state index contributed by atoms with van der Waals surface area (Å²) < 4.78 is 39.2. The van der Waals surface area contributed by atoms with Gasteiger partial charge in [0.2, 0.25) is 0 Å². The van der Waals surface area contributed by atoms with Crippen molar-refractivity contribution >= 4 is 29.1 Å².